The van der Waals surface area contributed by atoms with Gasteiger partial charge in [0, 0.05) is 5.41 Å². The normalized spacial score (nSPS) is 12.5. The summed E-state index contributed by atoms with van der Waals surface area (Å²) in [5.74, 6) is 0. The summed E-state index contributed by atoms with van der Waals surface area (Å²) >= 11 is 0. The lowest BCUT2D eigenvalue weighted by molar-refractivity contribution is 0.667. The lowest BCUT2D eigenvalue weighted by atomic mass is 9.79. The first-order valence-corrected chi connectivity index (χ1v) is 14.0. The highest BCUT2D eigenvalue weighted by atomic mass is 14.4. The van der Waals surface area contributed by atoms with Crippen LogP contribution in [0.1, 0.15) is 66.5 Å². The van der Waals surface area contributed by atoms with Crippen LogP contribution in [0.3, 0.4) is 0 Å². The van der Waals surface area contributed by atoms with E-state index in [2.05, 4.69) is 111 Å². The Labute approximate surface area is 223 Å². The van der Waals surface area contributed by atoms with Crippen LogP contribution in [0, 0.1) is 0 Å². The molecule has 0 amide bonds. The van der Waals surface area contributed by atoms with Gasteiger partial charge >= 0.3 is 0 Å². The Morgan fingerprint density at radius 2 is 0.892 bits per heavy atom. The third-order valence-electron chi connectivity index (χ3n) is 7.37. The van der Waals surface area contributed by atoms with Gasteiger partial charge < -0.3 is 0 Å². The minimum atomic E-state index is -0.0475. The molecule has 0 bridgehead atoms. The van der Waals surface area contributed by atoms with Crippen molar-refractivity contribution < 1.29 is 0 Å². The zero-order chi connectivity index (χ0) is 26.7. The first kappa shape index (κ1) is 26.4. The molecule has 0 aliphatic heterocycles. The van der Waals surface area contributed by atoms with Crippen LogP contribution in [0.5, 0.6) is 0 Å². The zero-order valence-corrected chi connectivity index (χ0v) is 23.7. The molecule has 6 aromatic rings. The summed E-state index contributed by atoms with van der Waals surface area (Å²) in [5.41, 5.74) is 5.71. The Kier molecular flexibility index (Phi) is 7.69. The highest BCUT2D eigenvalue weighted by molar-refractivity contribution is 6.21. The van der Waals surface area contributed by atoms with Crippen LogP contribution in [0.4, 0.5) is 0 Å². The van der Waals surface area contributed by atoms with E-state index in [0.717, 1.165) is 0 Å². The molecule has 7 rings (SSSR count). The first-order chi connectivity index (χ1) is 18.1. The van der Waals surface area contributed by atoms with Crippen LogP contribution < -0.4 is 0 Å². The second-order valence-corrected chi connectivity index (χ2v) is 9.37. The molecule has 0 spiro atoms. The summed E-state index contributed by atoms with van der Waals surface area (Å²) < 4.78 is 0. The monoisotopic (exact) mass is 484 g/mol. The summed E-state index contributed by atoms with van der Waals surface area (Å²) in [6.07, 6.45) is 0. The lowest BCUT2D eigenvalue weighted by Gasteiger charge is -2.24. The Bertz CT molecular complexity index is 1700. The van der Waals surface area contributed by atoms with Gasteiger partial charge in [-0.1, -0.05) is 140 Å². The third-order valence-corrected chi connectivity index (χ3v) is 7.37. The molecule has 6 aromatic carbocycles. The molecule has 0 nitrogen and oxygen atoms in total. The average Bonchev–Trinajstić information content (AvgIpc) is 3.22. The van der Waals surface area contributed by atoms with E-state index in [1.54, 1.807) is 0 Å². The van der Waals surface area contributed by atoms with Crippen LogP contribution in [-0.4, -0.2) is 0 Å². The van der Waals surface area contributed by atoms with Gasteiger partial charge in [-0.25, -0.2) is 0 Å². The largest absolute Gasteiger partial charge is 0.0683 e. The van der Waals surface area contributed by atoms with Gasteiger partial charge in [0.2, 0.25) is 0 Å². The van der Waals surface area contributed by atoms with Crippen molar-refractivity contribution in [2.45, 2.75) is 60.8 Å². The van der Waals surface area contributed by atoms with Gasteiger partial charge in [0.1, 0.15) is 0 Å². The van der Waals surface area contributed by atoms with Gasteiger partial charge in [-0.15, -0.1) is 0 Å². The van der Waals surface area contributed by atoms with Gasteiger partial charge in [0.15, 0.2) is 0 Å². The van der Waals surface area contributed by atoms with Crippen molar-refractivity contribution in [1.82, 2.24) is 0 Å². The second-order valence-electron chi connectivity index (χ2n) is 9.37. The minimum absolute atomic E-state index is 0.0475. The molecule has 0 radical (unpaired) electrons. The van der Waals surface area contributed by atoms with Crippen LogP contribution in [-0.2, 0) is 5.41 Å². The zero-order valence-electron chi connectivity index (χ0n) is 23.7. The van der Waals surface area contributed by atoms with Gasteiger partial charge in [-0.3, -0.25) is 0 Å². The standard InChI is InChI=1S/C31H22.3C2H6/c1-31(2)27-16-15-21-17-19-9-3-4-10-20(19)18-26(21)28(27)29-24-13-7-5-11-22(24)23-12-6-8-14-25(23)30(29)31;3*1-2/h3-18H,1-2H3;3*1-2H3. The molecule has 0 saturated heterocycles. The predicted molar refractivity (Wildman–Crippen MR) is 168 cm³/mol. The van der Waals surface area contributed by atoms with Crippen LogP contribution in [0.25, 0.3) is 54.2 Å². The first-order valence-electron chi connectivity index (χ1n) is 14.0. The SMILES string of the molecule is CC.CC.CC.CC1(C)c2ccc3cc4ccccc4cc3c2-c2c1c1ccccc1c1ccccc21. The van der Waals surface area contributed by atoms with E-state index in [-0.39, 0.29) is 5.41 Å². The molecule has 0 saturated carbocycles. The van der Waals surface area contributed by atoms with E-state index in [0.29, 0.717) is 0 Å². The van der Waals surface area contributed by atoms with Crippen molar-refractivity contribution >= 4 is 43.1 Å². The summed E-state index contributed by atoms with van der Waals surface area (Å²) in [7, 11) is 0. The average molecular weight is 485 g/mol. The summed E-state index contributed by atoms with van der Waals surface area (Å²) in [6, 6.07) is 36.0. The van der Waals surface area contributed by atoms with Crippen molar-refractivity contribution in [3.63, 3.8) is 0 Å². The quantitative estimate of drug-likeness (QED) is 0.148. The lowest BCUT2D eigenvalue weighted by Crippen LogP contribution is -2.15. The van der Waals surface area contributed by atoms with Gasteiger partial charge in [0.05, 0.1) is 0 Å². The van der Waals surface area contributed by atoms with Gasteiger partial charge in [-0.2, -0.15) is 0 Å². The highest BCUT2D eigenvalue weighted by Gasteiger charge is 2.39. The Morgan fingerprint density at radius 3 is 1.51 bits per heavy atom. The van der Waals surface area contributed by atoms with Crippen molar-refractivity contribution in [3.05, 3.63) is 108 Å². The van der Waals surface area contributed by atoms with E-state index in [9.17, 15) is 0 Å². The Balaban J connectivity index is 0.000000500. The molecule has 0 heteroatoms. The van der Waals surface area contributed by atoms with Crippen LogP contribution in [0.2, 0.25) is 0 Å². The van der Waals surface area contributed by atoms with E-state index in [4.69, 9.17) is 0 Å². The number of benzene rings is 6. The van der Waals surface area contributed by atoms with Crippen LogP contribution in [0.15, 0.2) is 97.1 Å². The number of fused-ring (bicyclic) bond motifs is 11. The molecule has 37 heavy (non-hydrogen) atoms. The fourth-order valence-electron chi connectivity index (χ4n) is 5.99. The molecule has 188 valence electrons. The van der Waals surface area contributed by atoms with E-state index in [1.165, 1.54) is 65.3 Å². The Hall–Kier alpha value is -3.64. The number of hydrogen-bond donors (Lipinski definition) is 0. The molecular formula is C37H40. The maximum atomic E-state index is 2.40. The van der Waals surface area contributed by atoms with Crippen molar-refractivity contribution in [2.75, 3.05) is 0 Å². The van der Waals surface area contributed by atoms with E-state index < -0.39 is 0 Å². The Morgan fingerprint density at radius 1 is 0.405 bits per heavy atom. The van der Waals surface area contributed by atoms with E-state index >= 15 is 0 Å². The van der Waals surface area contributed by atoms with Crippen molar-refractivity contribution in [3.8, 4) is 11.1 Å². The molecule has 0 unspecified atom stereocenters. The molecular weight excluding hydrogens is 444 g/mol. The second kappa shape index (κ2) is 10.8. The molecule has 0 heterocycles. The fraction of sp³-hybridized carbons (Fsp3) is 0.243. The maximum Gasteiger partial charge on any atom is 0.0165 e. The highest BCUT2D eigenvalue weighted by Crippen LogP contribution is 2.56. The summed E-state index contributed by atoms with van der Waals surface area (Å²) in [6.45, 7) is 16.8. The molecule has 0 atom stereocenters. The maximum absolute atomic E-state index is 2.40. The fourth-order valence-corrected chi connectivity index (χ4v) is 5.99. The van der Waals surface area contributed by atoms with Gasteiger partial charge in [-0.05, 0) is 77.5 Å². The smallest absolute Gasteiger partial charge is 0.0165 e. The third kappa shape index (κ3) is 4.00. The molecule has 0 N–H and O–H groups in total. The summed E-state index contributed by atoms with van der Waals surface area (Å²) in [5, 5.41) is 10.7. The topological polar surface area (TPSA) is 0 Å². The minimum Gasteiger partial charge on any atom is -0.0683 e. The number of hydrogen-bond acceptors (Lipinski definition) is 0. The van der Waals surface area contributed by atoms with Gasteiger partial charge in [0.25, 0.3) is 0 Å². The van der Waals surface area contributed by atoms with E-state index in [1.807, 2.05) is 41.5 Å². The summed E-state index contributed by atoms with van der Waals surface area (Å²) in [4.78, 5) is 0. The predicted octanol–water partition coefficient (Wildman–Crippen LogP) is 11.7. The molecule has 0 fully saturated rings. The van der Waals surface area contributed by atoms with Crippen LogP contribution >= 0.6 is 0 Å². The number of rotatable bonds is 0. The van der Waals surface area contributed by atoms with Crippen molar-refractivity contribution in [1.29, 1.82) is 0 Å². The van der Waals surface area contributed by atoms with Crippen molar-refractivity contribution in [2.24, 2.45) is 0 Å². The molecule has 1 aliphatic carbocycles. The molecule has 1 aliphatic rings. The molecule has 0 aromatic heterocycles.